The first-order chi connectivity index (χ1) is 12.4. The molecule has 0 N–H and O–H groups in total. The number of rotatable bonds is 8. The summed E-state index contributed by atoms with van der Waals surface area (Å²) >= 11 is 5.86. The predicted octanol–water partition coefficient (Wildman–Crippen LogP) is 5.61. The lowest BCUT2D eigenvalue weighted by atomic mass is 10.0. The standard InChI is InChI=1S/C18H25ClF3N3O2/c1-13(19)23-14(12-27-16(2,3)4)25-10-6-15(24-25)26-11-5-7-17(8-9-17)18(20,21)22/h6,10,12H,5,7-9,11H2,1-4H3/b14-12+,23-13?. The maximum Gasteiger partial charge on any atom is 0.394 e. The molecule has 0 aromatic carbocycles. The van der Waals surface area contributed by atoms with Crippen LogP contribution in [0.5, 0.6) is 5.88 Å². The first kappa shape index (κ1) is 21.6. The SMILES string of the molecule is CC(Cl)=N/C(=C\OC(C)(C)C)n1ccc(OCCCC2(C(F)(F)F)CC2)n1. The van der Waals surface area contributed by atoms with E-state index in [1.165, 1.54) is 10.9 Å². The molecule has 27 heavy (non-hydrogen) atoms. The van der Waals surface area contributed by atoms with Crippen LogP contribution in [0.1, 0.15) is 53.4 Å². The Kier molecular flexibility index (Phi) is 6.50. The molecular weight excluding hydrogens is 383 g/mol. The predicted molar refractivity (Wildman–Crippen MR) is 98.8 cm³/mol. The van der Waals surface area contributed by atoms with Gasteiger partial charge >= 0.3 is 6.18 Å². The zero-order valence-corrected chi connectivity index (χ0v) is 16.7. The van der Waals surface area contributed by atoms with Gasteiger partial charge in [-0.05, 0) is 53.4 Å². The molecule has 0 amide bonds. The fourth-order valence-electron chi connectivity index (χ4n) is 2.44. The second kappa shape index (κ2) is 8.12. The highest BCUT2D eigenvalue weighted by atomic mass is 35.5. The molecule has 5 nitrogen and oxygen atoms in total. The summed E-state index contributed by atoms with van der Waals surface area (Å²) in [6.45, 7) is 7.47. The van der Waals surface area contributed by atoms with E-state index >= 15 is 0 Å². The van der Waals surface area contributed by atoms with Crippen molar-refractivity contribution in [3.8, 4) is 5.88 Å². The first-order valence-corrected chi connectivity index (χ1v) is 9.14. The van der Waals surface area contributed by atoms with Crippen LogP contribution in [-0.2, 0) is 4.74 Å². The Hall–Kier alpha value is -1.70. The Morgan fingerprint density at radius 1 is 1.37 bits per heavy atom. The molecule has 152 valence electrons. The van der Waals surface area contributed by atoms with Crippen LogP contribution in [0, 0.1) is 5.41 Å². The fourth-order valence-corrected chi connectivity index (χ4v) is 2.53. The number of aromatic nitrogens is 2. The van der Waals surface area contributed by atoms with E-state index in [0.29, 0.717) is 23.3 Å². The van der Waals surface area contributed by atoms with Gasteiger partial charge in [-0.2, -0.15) is 13.2 Å². The van der Waals surface area contributed by atoms with Crippen LogP contribution in [-0.4, -0.2) is 33.3 Å². The summed E-state index contributed by atoms with van der Waals surface area (Å²) in [6, 6.07) is 1.61. The quantitative estimate of drug-likeness (QED) is 0.319. The third-order valence-electron chi connectivity index (χ3n) is 4.09. The lowest BCUT2D eigenvalue weighted by molar-refractivity contribution is -0.189. The highest BCUT2D eigenvalue weighted by Crippen LogP contribution is 2.60. The molecule has 0 atom stereocenters. The van der Waals surface area contributed by atoms with E-state index < -0.39 is 17.2 Å². The molecule has 1 aromatic rings. The molecule has 0 unspecified atom stereocenters. The van der Waals surface area contributed by atoms with Crippen LogP contribution >= 0.6 is 11.6 Å². The van der Waals surface area contributed by atoms with Gasteiger partial charge in [-0.25, -0.2) is 9.67 Å². The van der Waals surface area contributed by atoms with Gasteiger partial charge in [0, 0.05) is 12.3 Å². The van der Waals surface area contributed by atoms with E-state index in [9.17, 15) is 13.2 Å². The summed E-state index contributed by atoms with van der Waals surface area (Å²) in [6.07, 6.45) is -0.236. The highest BCUT2D eigenvalue weighted by molar-refractivity contribution is 6.65. The zero-order chi connectivity index (χ0) is 20.3. The van der Waals surface area contributed by atoms with E-state index in [4.69, 9.17) is 21.1 Å². The number of aliphatic imine (C=N–C) groups is 1. The third-order valence-corrected chi connectivity index (χ3v) is 4.17. The molecule has 1 aromatic heterocycles. The Bertz CT molecular complexity index is 697. The molecule has 2 rings (SSSR count). The Morgan fingerprint density at radius 3 is 2.56 bits per heavy atom. The third kappa shape index (κ3) is 6.45. The lowest BCUT2D eigenvalue weighted by Crippen LogP contribution is -2.24. The van der Waals surface area contributed by atoms with E-state index in [1.54, 1.807) is 19.2 Å². The van der Waals surface area contributed by atoms with Gasteiger partial charge in [-0.15, -0.1) is 5.10 Å². The molecule has 1 aliphatic carbocycles. The van der Waals surface area contributed by atoms with Gasteiger partial charge in [0.05, 0.1) is 17.6 Å². The topological polar surface area (TPSA) is 48.6 Å². The Balaban J connectivity index is 1.93. The van der Waals surface area contributed by atoms with Crippen LogP contribution in [0.4, 0.5) is 13.2 Å². The van der Waals surface area contributed by atoms with E-state index in [1.807, 2.05) is 20.8 Å². The molecule has 0 spiro atoms. The van der Waals surface area contributed by atoms with E-state index in [0.717, 1.165) is 0 Å². The molecule has 0 radical (unpaired) electrons. The molecule has 0 saturated heterocycles. The van der Waals surface area contributed by atoms with Crippen LogP contribution in [0.25, 0.3) is 5.82 Å². The fraction of sp³-hybridized carbons (Fsp3) is 0.667. The highest BCUT2D eigenvalue weighted by Gasteiger charge is 2.62. The van der Waals surface area contributed by atoms with Crippen molar-refractivity contribution in [1.82, 2.24) is 9.78 Å². The molecular formula is C18H25ClF3N3O2. The number of ether oxygens (including phenoxy) is 2. The summed E-state index contributed by atoms with van der Waals surface area (Å²) in [5.41, 5.74) is -1.91. The minimum Gasteiger partial charge on any atom is -0.492 e. The number of alkyl halides is 3. The lowest BCUT2D eigenvalue weighted by Gasteiger charge is -2.18. The first-order valence-electron chi connectivity index (χ1n) is 8.76. The largest absolute Gasteiger partial charge is 0.492 e. The van der Waals surface area contributed by atoms with Gasteiger partial charge < -0.3 is 9.47 Å². The maximum atomic E-state index is 12.9. The van der Waals surface area contributed by atoms with Gasteiger partial charge in [0.15, 0.2) is 5.82 Å². The Morgan fingerprint density at radius 2 is 2.04 bits per heavy atom. The minimum atomic E-state index is -4.13. The molecule has 1 heterocycles. The minimum absolute atomic E-state index is 0.0809. The van der Waals surface area contributed by atoms with Crippen molar-refractivity contribution in [2.45, 2.75) is 65.2 Å². The smallest absolute Gasteiger partial charge is 0.394 e. The van der Waals surface area contributed by atoms with Crippen LogP contribution in [0.2, 0.25) is 0 Å². The van der Waals surface area contributed by atoms with Gasteiger partial charge in [0.1, 0.15) is 11.4 Å². The van der Waals surface area contributed by atoms with Gasteiger partial charge in [-0.1, -0.05) is 11.6 Å². The molecule has 1 saturated carbocycles. The second-order valence-corrected chi connectivity index (χ2v) is 8.19. The maximum absolute atomic E-state index is 12.9. The van der Waals surface area contributed by atoms with E-state index in [-0.39, 0.29) is 25.9 Å². The molecule has 9 heteroatoms. The van der Waals surface area contributed by atoms with Crippen LogP contribution < -0.4 is 4.74 Å². The Labute approximate surface area is 162 Å². The van der Waals surface area contributed by atoms with Crippen LogP contribution in [0.3, 0.4) is 0 Å². The van der Waals surface area contributed by atoms with Crippen molar-refractivity contribution in [2.75, 3.05) is 6.61 Å². The van der Waals surface area contributed by atoms with Gasteiger partial charge in [0.25, 0.3) is 0 Å². The summed E-state index contributed by atoms with van der Waals surface area (Å²) < 4.78 is 51.2. The molecule has 1 aliphatic rings. The molecule has 1 fully saturated rings. The van der Waals surface area contributed by atoms with Crippen molar-refractivity contribution in [2.24, 2.45) is 10.4 Å². The van der Waals surface area contributed by atoms with Crippen molar-refractivity contribution in [3.63, 3.8) is 0 Å². The van der Waals surface area contributed by atoms with Gasteiger partial charge in [-0.3, -0.25) is 0 Å². The van der Waals surface area contributed by atoms with Crippen LogP contribution in [0.15, 0.2) is 23.5 Å². The average molecular weight is 408 g/mol. The van der Waals surface area contributed by atoms with E-state index in [2.05, 4.69) is 10.1 Å². The summed E-state index contributed by atoms with van der Waals surface area (Å²) in [4.78, 5) is 4.17. The van der Waals surface area contributed by atoms with Gasteiger partial charge in [0.2, 0.25) is 5.88 Å². The summed E-state index contributed by atoms with van der Waals surface area (Å²) in [7, 11) is 0. The average Bonchev–Trinajstić information content (AvgIpc) is 3.18. The second-order valence-electron chi connectivity index (χ2n) is 7.64. The number of halogens is 4. The van der Waals surface area contributed by atoms with Crippen molar-refractivity contribution >= 4 is 22.6 Å². The monoisotopic (exact) mass is 407 g/mol. The summed E-state index contributed by atoms with van der Waals surface area (Å²) in [5, 5.41) is 4.53. The van der Waals surface area contributed by atoms with Crippen molar-refractivity contribution in [1.29, 1.82) is 0 Å². The molecule has 0 aliphatic heterocycles. The summed E-state index contributed by atoms with van der Waals surface area (Å²) in [5.74, 6) is 0.664. The zero-order valence-electron chi connectivity index (χ0n) is 15.9. The number of hydrogen-bond acceptors (Lipinski definition) is 4. The number of nitrogens with zero attached hydrogens (tertiary/aromatic N) is 3. The van der Waals surface area contributed by atoms with Crippen molar-refractivity contribution in [3.05, 3.63) is 18.5 Å². The number of hydrogen-bond donors (Lipinski definition) is 0. The normalized spacial score (nSPS) is 17.8. The molecule has 0 bridgehead atoms. The van der Waals surface area contributed by atoms with Crippen molar-refractivity contribution < 1.29 is 22.6 Å².